The van der Waals surface area contributed by atoms with Gasteiger partial charge in [-0.25, -0.2) is 0 Å². The van der Waals surface area contributed by atoms with Crippen molar-refractivity contribution in [1.29, 1.82) is 0 Å². The first-order valence-corrected chi connectivity index (χ1v) is 12.9. The average molecular weight is 533 g/mol. The van der Waals surface area contributed by atoms with E-state index in [-0.39, 0.29) is 24.8 Å². The number of piperidine rings is 1. The Hall–Kier alpha value is -1.89. The zero-order chi connectivity index (χ0) is 22.6. The van der Waals surface area contributed by atoms with Crippen molar-refractivity contribution in [3.05, 3.63) is 76.8 Å². The van der Waals surface area contributed by atoms with E-state index in [4.69, 9.17) is 4.52 Å². The largest absolute Gasteiger partial charge is 0.356 e. The normalized spacial score (nSPS) is 14.7. The Labute approximate surface area is 225 Å². The van der Waals surface area contributed by atoms with Crippen LogP contribution in [0.5, 0.6) is 0 Å². The molecule has 0 radical (unpaired) electrons. The Bertz CT molecular complexity index is 1170. The lowest BCUT2D eigenvalue weighted by atomic mass is 9.90. The molecule has 3 heterocycles. The van der Waals surface area contributed by atoms with Crippen LogP contribution < -0.4 is 0 Å². The predicted octanol–water partition coefficient (Wildman–Crippen LogP) is 7.31. The smallest absolute Gasteiger partial charge is 0.172 e. The zero-order valence-electron chi connectivity index (χ0n) is 20.5. The number of nitrogens with zero attached hydrogens (tertiary/aromatic N) is 3. The summed E-state index contributed by atoms with van der Waals surface area (Å²) in [4.78, 5) is 6.09. The Balaban J connectivity index is 0.00000171. The molecule has 35 heavy (non-hydrogen) atoms. The van der Waals surface area contributed by atoms with E-state index in [2.05, 4.69) is 89.0 Å². The molecule has 2 aromatic heterocycles. The van der Waals surface area contributed by atoms with Gasteiger partial charge >= 0.3 is 0 Å². The van der Waals surface area contributed by atoms with Gasteiger partial charge in [-0.1, -0.05) is 47.6 Å². The van der Waals surface area contributed by atoms with Crippen molar-refractivity contribution in [2.75, 3.05) is 27.2 Å². The van der Waals surface area contributed by atoms with Crippen molar-refractivity contribution in [2.24, 2.45) is 5.92 Å². The molecule has 0 spiro atoms. The lowest BCUT2D eigenvalue weighted by Crippen LogP contribution is -2.33. The maximum absolute atomic E-state index is 5.96. The van der Waals surface area contributed by atoms with E-state index in [9.17, 15) is 0 Å². The number of aryl methyl sites for hydroxylation is 1. The SMILES string of the molecule is CN(C)Cc1c(-c2cccs2)ccc2c(CCC3CCN(Cc4ccccc4)CC3)noc12.Cl.Cl. The van der Waals surface area contributed by atoms with Gasteiger partial charge in [-0.05, 0) is 87.4 Å². The molecule has 0 amide bonds. The third kappa shape index (κ3) is 6.66. The van der Waals surface area contributed by atoms with E-state index >= 15 is 0 Å². The molecule has 7 heteroatoms. The second-order valence-electron chi connectivity index (χ2n) is 9.56. The summed E-state index contributed by atoms with van der Waals surface area (Å²) in [6.45, 7) is 4.30. The Morgan fingerprint density at radius 3 is 2.46 bits per heavy atom. The Morgan fingerprint density at radius 2 is 1.77 bits per heavy atom. The second-order valence-corrected chi connectivity index (χ2v) is 10.5. The topological polar surface area (TPSA) is 32.5 Å². The van der Waals surface area contributed by atoms with Crippen LogP contribution in [-0.4, -0.2) is 42.1 Å². The van der Waals surface area contributed by atoms with Gasteiger partial charge in [-0.2, -0.15) is 0 Å². The van der Waals surface area contributed by atoms with Crippen molar-refractivity contribution in [2.45, 2.75) is 38.8 Å². The van der Waals surface area contributed by atoms with E-state index in [0.29, 0.717) is 0 Å². The molecule has 0 N–H and O–H groups in total. The third-order valence-electron chi connectivity index (χ3n) is 6.83. The molecule has 2 aromatic carbocycles. The summed E-state index contributed by atoms with van der Waals surface area (Å²) in [5.41, 5.74) is 6.00. The van der Waals surface area contributed by atoms with Crippen LogP contribution in [0.3, 0.4) is 0 Å². The number of hydrogen-bond acceptors (Lipinski definition) is 5. The summed E-state index contributed by atoms with van der Waals surface area (Å²) in [6.07, 6.45) is 4.74. The maximum atomic E-state index is 5.96. The molecule has 4 aromatic rings. The van der Waals surface area contributed by atoms with Crippen molar-refractivity contribution < 1.29 is 4.52 Å². The van der Waals surface area contributed by atoms with Crippen molar-refractivity contribution >= 4 is 47.1 Å². The first-order valence-electron chi connectivity index (χ1n) is 12.0. The molecule has 1 aliphatic rings. The van der Waals surface area contributed by atoms with Gasteiger partial charge in [0.05, 0.1) is 5.69 Å². The lowest BCUT2D eigenvalue weighted by molar-refractivity contribution is 0.172. The Kier molecular flexibility index (Phi) is 10.2. The Morgan fingerprint density at radius 1 is 1.00 bits per heavy atom. The minimum Gasteiger partial charge on any atom is -0.356 e. The standard InChI is InChI=1S/C28H33N3OS.2ClH/c1-30(2)20-25-23(27-9-6-18-33-27)11-12-24-26(29-32-28(24)25)13-10-21-14-16-31(17-15-21)19-22-7-4-3-5-8-22;;/h3-9,11-12,18,21H,10,13-17,19-20H2,1-2H3;2*1H. The van der Waals surface area contributed by atoms with Crippen molar-refractivity contribution in [3.8, 4) is 10.4 Å². The molecule has 4 nitrogen and oxygen atoms in total. The predicted molar refractivity (Wildman–Crippen MR) is 152 cm³/mol. The van der Waals surface area contributed by atoms with Crippen LogP contribution >= 0.6 is 36.2 Å². The van der Waals surface area contributed by atoms with Crippen molar-refractivity contribution in [1.82, 2.24) is 15.0 Å². The molecular weight excluding hydrogens is 497 g/mol. The molecule has 0 aliphatic carbocycles. The summed E-state index contributed by atoms with van der Waals surface area (Å²) in [6, 6.07) is 19.6. The van der Waals surface area contributed by atoms with Gasteiger partial charge in [-0.15, -0.1) is 36.2 Å². The summed E-state index contributed by atoms with van der Waals surface area (Å²) < 4.78 is 5.96. The minimum absolute atomic E-state index is 0. The molecule has 5 rings (SSSR count). The maximum Gasteiger partial charge on any atom is 0.172 e. The van der Waals surface area contributed by atoms with Crippen LogP contribution in [0.2, 0.25) is 0 Å². The van der Waals surface area contributed by atoms with Gasteiger partial charge in [0.2, 0.25) is 0 Å². The van der Waals surface area contributed by atoms with Crippen LogP contribution in [-0.2, 0) is 19.5 Å². The van der Waals surface area contributed by atoms with Crippen molar-refractivity contribution in [3.63, 3.8) is 0 Å². The summed E-state index contributed by atoms with van der Waals surface area (Å²) in [7, 11) is 4.22. The number of benzene rings is 2. The fourth-order valence-electron chi connectivity index (χ4n) is 5.04. The fourth-order valence-corrected chi connectivity index (χ4v) is 5.82. The molecule has 0 bridgehead atoms. The van der Waals surface area contributed by atoms with Crippen LogP contribution in [0.1, 0.15) is 36.1 Å². The number of halogens is 2. The molecule has 1 fully saturated rings. The lowest BCUT2D eigenvalue weighted by Gasteiger charge is -2.32. The number of thiophene rings is 1. The highest BCUT2D eigenvalue weighted by atomic mass is 35.5. The summed E-state index contributed by atoms with van der Waals surface area (Å²) in [5, 5.41) is 7.86. The van der Waals surface area contributed by atoms with Crippen LogP contribution in [0, 0.1) is 5.92 Å². The van der Waals surface area contributed by atoms with Gasteiger partial charge in [0.25, 0.3) is 0 Å². The monoisotopic (exact) mass is 531 g/mol. The summed E-state index contributed by atoms with van der Waals surface area (Å²) in [5.74, 6) is 0.774. The second kappa shape index (κ2) is 12.9. The fraction of sp³-hybridized carbons (Fsp3) is 0.393. The summed E-state index contributed by atoms with van der Waals surface area (Å²) >= 11 is 1.78. The zero-order valence-corrected chi connectivity index (χ0v) is 22.9. The van der Waals surface area contributed by atoms with E-state index in [1.54, 1.807) is 11.3 Å². The van der Waals surface area contributed by atoms with Crippen LogP contribution in [0.25, 0.3) is 21.4 Å². The quantitative estimate of drug-likeness (QED) is 0.238. The molecule has 1 aliphatic heterocycles. The van der Waals surface area contributed by atoms with E-state index in [1.807, 2.05) is 0 Å². The number of fused-ring (bicyclic) bond motifs is 1. The molecule has 0 unspecified atom stereocenters. The van der Waals surface area contributed by atoms with Crippen LogP contribution in [0.4, 0.5) is 0 Å². The highest BCUT2D eigenvalue weighted by Crippen LogP contribution is 2.35. The van der Waals surface area contributed by atoms with Gasteiger partial charge in [-0.3, -0.25) is 4.90 Å². The molecule has 0 saturated carbocycles. The number of rotatable bonds is 8. The van der Waals surface area contributed by atoms with Gasteiger partial charge in [0.15, 0.2) is 5.58 Å². The van der Waals surface area contributed by atoms with E-state index < -0.39 is 0 Å². The number of hydrogen-bond donors (Lipinski definition) is 0. The van der Waals surface area contributed by atoms with Crippen LogP contribution in [0.15, 0.2) is 64.5 Å². The molecule has 188 valence electrons. The molecular formula is C28H35Cl2N3OS. The minimum atomic E-state index is 0. The molecule has 0 atom stereocenters. The highest BCUT2D eigenvalue weighted by Gasteiger charge is 2.22. The van der Waals surface area contributed by atoms with Gasteiger partial charge in [0, 0.05) is 28.9 Å². The van der Waals surface area contributed by atoms with Gasteiger partial charge in [0.1, 0.15) is 0 Å². The van der Waals surface area contributed by atoms with E-state index in [1.165, 1.54) is 59.3 Å². The average Bonchev–Trinajstić information content (AvgIpc) is 3.50. The first kappa shape index (κ1) is 27.7. The van der Waals surface area contributed by atoms with Gasteiger partial charge < -0.3 is 9.42 Å². The highest BCUT2D eigenvalue weighted by molar-refractivity contribution is 7.13. The first-order chi connectivity index (χ1) is 16.2. The third-order valence-corrected chi connectivity index (χ3v) is 7.73. The van der Waals surface area contributed by atoms with E-state index in [0.717, 1.165) is 36.7 Å². The number of likely N-dealkylation sites (tertiary alicyclic amines) is 1. The molecule has 1 saturated heterocycles. The number of aromatic nitrogens is 1.